The van der Waals surface area contributed by atoms with E-state index in [4.69, 9.17) is 28.9 Å². The zero-order valence-corrected chi connectivity index (χ0v) is 12.5. The Balaban J connectivity index is 1.84. The van der Waals surface area contributed by atoms with Crippen LogP contribution in [0.2, 0.25) is 10.0 Å². The summed E-state index contributed by atoms with van der Waals surface area (Å²) in [4.78, 5) is 4.25. The summed E-state index contributed by atoms with van der Waals surface area (Å²) in [6, 6.07) is 9.84. The molecule has 0 bridgehead atoms. The zero-order valence-electron chi connectivity index (χ0n) is 11.0. The van der Waals surface area contributed by atoms with Crippen molar-refractivity contribution in [1.29, 1.82) is 0 Å². The monoisotopic (exact) mass is 306 g/mol. The van der Waals surface area contributed by atoms with Gasteiger partial charge >= 0.3 is 0 Å². The van der Waals surface area contributed by atoms with Gasteiger partial charge in [-0.3, -0.25) is 4.98 Å². The lowest BCUT2D eigenvalue weighted by atomic mass is 9.80. The lowest BCUT2D eigenvalue weighted by Crippen LogP contribution is -2.15. The van der Waals surface area contributed by atoms with E-state index >= 15 is 0 Å². The van der Waals surface area contributed by atoms with Gasteiger partial charge in [0.1, 0.15) is 0 Å². The number of halogens is 2. The van der Waals surface area contributed by atoms with Gasteiger partial charge < -0.3 is 5.73 Å². The van der Waals surface area contributed by atoms with Gasteiger partial charge in [0.25, 0.3) is 0 Å². The Morgan fingerprint density at radius 3 is 2.40 bits per heavy atom. The van der Waals surface area contributed by atoms with Crippen LogP contribution in [0.4, 0.5) is 0 Å². The second kappa shape index (κ2) is 5.72. The highest BCUT2D eigenvalue weighted by Crippen LogP contribution is 2.36. The Labute approximate surface area is 128 Å². The molecule has 1 aliphatic carbocycles. The highest BCUT2D eigenvalue weighted by Gasteiger charge is 2.20. The number of nitrogens with zero attached hydrogens (tertiary/aromatic N) is 1. The largest absolute Gasteiger partial charge is 0.319 e. The summed E-state index contributed by atoms with van der Waals surface area (Å²) in [5.41, 5.74) is 9.33. The average molecular weight is 307 g/mol. The minimum Gasteiger partial charge on any atom is -0.319 e. The van der Waals surface area contributed by atoms with Crippen molar-refractivity contribution in [2.24, 2.45) is 5.73 Å². The van der Waals surface area contributed by atoms with Crippen LogP contribution in [-0.4, -0.2) is 4.98 Å². The summed E-state index contributed by atoms with van der Waals surface area (Å²) in [5, 5.41) is 1.03. The highest BCUT2D eigenvalue weighted by atomic mass is 35.5. The third kappa shape index (κ3) is 2.69. The Morgan fingerprint density at radius 2 is 1.85 bits per heavy atom. The van der Waals surface area contributed by atoms with Gasteiger partial charge in [-0.15, -0.1) is 0 Å². The molecule has 4 heteroatoms. The van der Waals surface area contributed by atoms with Crippen molar-refractivity contribution in [3.63, 3.8) is 0 Å². The molecule has 1 saturated carbocycles. The topological polar surface area (TPSA) is 38.9 Å². The van der Waals surface area contributed by atoms with Crippen LogP contribution >= 0.6 is 23.2 Å². The van der Waals surface area contributed by atoms with Gasteiger partial charge in [0.15, 0.2) is 0 Å². The summed E-state index contributed by atoms with van der Waals surface area (Å²) < 4.78 is 0. The van der Waals surface area contributed by atoms with E-state index in [-0.39, 0.29) is 6.04 Å². The summed E-state index contributed by atoms with van der Waals surface area (Å²) in [6.07, 6.45) is 5.52. The van der Waals surface area contributed by atoms with E-state index in [1.165, 1.54) is 24.8 Å². The summed E-state index contributed by atoms with van der Waals surface area (Å²) in [6.45, 7) is 0. The van der Waals surface area contributed by atoms with Gasteiger partial charge in [0.2, 0.25) is 0 Å². The first kappa shape index (κ1) is 13.9. The van der Waals surface area contributed by atoms with E-state index < -0.39 is 0 Å². The first-order valence-electron chi connectivity index (χ1n) is 6.81. The number of hydrogen-bond donors (Lipinski definition) is 1. The second-order valence-electron chi connectivity index (χ2n) is 5.29. The third-order valence-electron chi connectivity index (χ3n) is 4.00. The summed E-state index contributed by atoms with van der Waals surface area (Å²) in [5.74, 6) is 0.734. The first-order chi connectivity index (χ1) is 9.65. The molecule has 0 radical (unpaired) electrons. The lowest BCUT2D eigenvalue weighted by Gasteiger charge is -2.26. The van der Waals surface area contributed by atoms with E-state index in [2.05, 4.69) is 29.2 Å². The quantitative estimate of drug-likeness (QED) is 0.892. The number of pyridine rings is 1. The van der Waals surface area contributed by atoms with Crippen LogP contribution in [0.25, 0.3) is 0 Å². The average Bonchev–Trinajstić information content (AvgIpc) is 2.37. The number of hydrogen-bond acceptors (Lipinski definition) is 2. The molecule has 0 aliphatic heterocycles. The minimum absolute atomic E-state index is 0.324. The molecule has 1 aromatic heterocycles. The van der Waals surface area contributed by atoms with Crippen molar-refractivity contribution >= 4 is 23.2 Å². The molecular formula is C16H16Cl2N2. The molecule has 1 aliphatic rings. The Morgan fingerprint density at radius 1 is 1.15 bits per heavy atom. The van der Waals surface area contributed by atoms with Crippen LogP contribution < -0.4 is 5.73 Å². The Kier molecular flexibility index (Phi) is 3.97. The Bertz CT molecular complexity index is 606. The van der Waals surface area contributed by atoms with E-state index in [1.54, 1.807) is 12.3 Å². The lowest BCUT2D eigenvalue weighted by molar-refractivity contribution is 0.419. The number of benzene rings is 1. The second-order valence-corrected chi connectivity index (χ2v) is 6.14. The molecule has 1 atom stereocenters. The van der Waals surface area contributed by atoms with Crippen LogP contribution in [-0.2, 0) is 0 Å². The van der Waals surface area contributed by atoms with Gasteiger partial charge in [0, 0.05) is 6.20 Å². The van der Waals surface area contributed by atoms with E-state index in [0.29, 0.717) is 15.7 Å². The summed E-state index contributed by atoms with van der Waals surface area (Å²) in [7, 11) is 0. The van der Waals surface area contributed by atoms with Crippen molar-refractivity contribution in [2.75, 3.05) is 0 Å². The van der Waals surface area contributed by atoms with Crippen molar-refractivity contribution in [3.8, 4) is 0 Å². The van der Waals surface area contributed by atoms with Crippen LogP contribution in [0.1, 0.15) is 48.0 Å². The fourth-order valence-electron chi connectivity index (χ4n) is 2.53. The van der Waals surface area contributed by atoms with E-state index in [9.17, 15) is 0 Å². The van der Waals surface area contributed by atoms with Crippen molar-refractivity contribution in [3.05, 3.63) is 63.4 Å². The molecule has 1 heterocycles. The normalized spacial score (nSPS) is 16.8. The fraction of sp³-hybridized carbons (Fsp3) is 0.312. The molecule has 1 fully saturated rings. The molecule has 20 heavy (non-hydrogen) atoms. The van der Waals surface area contributed by atoms with Gasteiger partial charge in [-0.05, 0) is 36.0 Å². The molecule has 2 aromatic rings. The standard InChI is InChI=1S/C16H16Cl2N2/c17-13-8-14(18)16(20-9-13)15(19)12-6-4-11(5-7-12)10-2-1-3-10/h4-10,15H,1-3,19H2. The van der Waals surface area contributed by atoms with Gasteiger partial charge in [-0.2, -0.15) is 0 Å². The smallest absolute Gasteiger partial charge is 0.0803 e. The molecule has 1 aromatic carbocycles. The molecule has 2 N–H and O–H groups in total. The van der Waals surface area contributed by atoms with E-state index in [0.717, 1.165) is 11.5 Å². The van der Waals surface area contributed by atoms with Crippen LogP contribution in [0.15, 0.2) is 36.5 Å². The fourth-order valence-corrected chi connectivity index (χ4v) is 3.03. The number of nitrogens with two attached hydrogens (primary N) is 1. The molecule has 0 spiro atoms. The van der Waals surface area contributed by atoms with Crippen molar-refractivity contribution in [2.45, 2.75) is 31.2 Å². The maximum Gasteiger partial charge on any atom is 0.0803 e. The maximum absolute atomic E-state index is 6.25. The highest BCUT2D eigenvalue weighted by molar-refractivity contribution is 6.34. The minimum atomic E-state index is -0.324. The van der Waals surface area contributed by atoms with Crippen molar-refractivity contribution < 1.29 is 0 Å². The van der Waals surface area contributed by atoms with Gasteiger partial charge in [0.05, 0.1) is 21.8 Å². The predicted octanol–water partition coefficient (Wildman–Crippen LogP) is 4.70. The maximum atomic E-state index is 6.25. The number of aromatic nitrogens is 1. The first-order valence-corrected chi connectivity index (χ1v) is 7.57. The van der Waals surface area contributed by atoms with Crippen LogP contribution in [0, 0.1) is 0 Å². The van der Waals surface area contributed by atoms with Gasteiger partial charge in [-0.25, -0.2) is 0 Å². The molecule has 3 rings (SSSR count). The van der Waals surface area contributed by atoms with Gasteiger partial charge in [-0.1, -0.05) is 53.9 Å². The van der Waals surface area contributed by atoms with Crippen molar-refractivity contribution in [1.82, 2.24) is 4.98 Å². The number of rotatable bonds is 3. The van der Waals surface area contributed by atoms with E-state index in [1.807, 2.05) is 0 Å². The SMILES string of the molecule is NC(c1ccc(C2CCC2)cc1)c1ncc(Cl)cc1Cl. The molecule has 0 saturated heterocycles. The molecule has 1 unspecified atom stereocenters. The summed E-state index contributed by atoms with van der Waals surface area (Å²) >= 11 is 12.0. The molecule has 0 amide bonds. The van der Waals surface area contributed by atoms with Crippen LogP contribution in [0.3, 0.4) is 0 Å². The third-order valence-corrected chi connectivity index (χ3v) is 4.51. The molecule has 2 nitrogen and oxygen atoms in total. The predicted molar refractivity (Wildman–Crippen MR) is 83.3 cm³/mol. The zero-order chi connectivity index (χ0) is 14.1. The Hall–Kier alpha value is -1.09. The molecular weight excluding hydrogens is 291 g/mol. The van der Waals surface area contributed by atoms with Crippen LogP contribution in [0.5, 0.6) is 0 Å². The molecule has 104 valence electrons.